The summed E-state index contributed by atoms with van der Waals surface area (Å²) < 4.78 is 16.9. The molecule has 6 nitrogen and oxygen atoms in total. The Hall–Kier alpha value is -4.71. The number of ether oxygens (including phenoxy) is 3. The molecule has 0 saturated carbocycles. The van der Waals surface area contributed by atoms with Gasteiger partial charge in [0.2, 0.25) is 0 Å². The van der Waals surface area contributed by atoms with Crippen molar-refractivity contribution in [2.45, 2.75) is 284 Å². The topological polar surface area (TPSA) is 78.9 Å². The number of carbonyl (C=O) groups is 3. The number of hydrogen-bond donors (Lipinski definition) is 0. The summed E-state index contributed by atoms with van der Waals surface area (Å²) in [6.07, 6.45) is 94.2. The Bertz CT molecular complexity index is 1730. The van der Waals surface area contributed by atoms with Gasteiger partial charge in [-0.2, -0.15) is 0 Å². The summed E-state index contributed by atoms with van der Waals surface area (Å²) in [5.41, 5.74) is 0. The zero-order chi connectivity index (χ0) is 57.1. The second-order valence-electron chi connectivity index (χ2n) is 20.9. The highest BCUT2D eigenvalue weighted by Crippen LogP contribution is 2.15. The van der Waals surface area contributed by atoms with Crippen LogP contribution in [0.4, 0.5) is 0 Å². The zero-order valence-electron chi connectivity index (χ0n) is 51.1. The van der Waals surface area contributed by atoms with Crippen LogP contribution in [0.1, 0.15) is 278 Å². The number of allylic oxidation sites excluding steroid dienone is 24. The van der Waals surface area contributed by atoms with E-state index in [1.54, 1.807) is 0 Å². The zero-order valence-corrected chi connectivity index (χ0v) is 51.1. The maximum atomic E-state index is 12.9. The molecule has 0 aliphatic rings. The first-order valence-electron chi connectivity index (χ1n) is 32.3. The number of carbonyl (C=O) groups excluding carboxylic acids is 3. The molecule has 1 atom stereocenters. The van der Waals surface area contributed by atoms with E-state index in [4.69, 9.17) is 14.2 Å². The van der Waals surface area contributed by atoms with Crippen LogP contribution in [-0.2, 0) is 28.6 Å². The largest absolute Gasteiger partial charge is 0.462 e. The van der Waals surface area contributed by atoms with Crippen LogP contribution >= 0.6 is 0 Å². The minimum Gasteiger partial charge on any atom is -0.462 e. The number of unbranched alkanes of at least 4 members (excludes halogenated alkanes) is 22. The Morgan fingerprint density at radius 2 is 0.456 bits per heavy atom. The van der Waals surface area contributed by atoms with E-state index in [1.807, 2.05) is 0 Å². The average Bonchev–Trinajstić information content (AvgIpc) is 3.45. The molecule has 0 amide bonds. The van der Waals surface area contributed by atoms with Crippen molar-refractivity contribution >= 4 is 17.9 Å². The molecule has 0 radical (unpaired) electrons. The maximum Gasteiger partial charge on any atom is 0.306 e. The molecular weight excluding hydrogens is 973 g/mol. The Labute approximate surface area is 487 Å². The molecule has 0 aromatic rings. The summed E-state index contributed by atoms with van der Waals surface area (Å²) in [6.45, 7) is 6.28. The Morgan fingerprint density at radius 3 is 0.709 bits per heavy atom. The molecule has 0 bridgehead atoms. The Balaban J connectivity index is 4.35. The minimum absolute atomic E-state index is 0.0944. The van der Waals surface area contributed by atoms with Crippen molar-refractivity contribution in [3.63, 3.8) is 0 Å². The highest BCUT2D eigenvalue weighted by atomic mass is 16.6. The van der Waals surface area contributed by atoms with Crippen LogP contribution in [0.5, 0.6) is 0 Å². The predicted octanol–water partition coefficient (Wildman–Crippen LogP) is 22.3. The molecule has 0 rings (SSSR count). The summed E-state index contributed by atoms with van der Waals surface area (Å²) >= 11 is 0. The Kier molecular flexibility index (Phi) is 61.9. The SMILES string of the molecule is CC/C=C\C/C=C\C/C=C\C/C=C\C/C=C\C/C=C\CCCCCCCCCCCCC(=O)OCC(COC(=O)CCCCCCC/C=C\C/C=C\C/C=C\CC)OC(=O)CCCCCCCCC/C=C\C/C=C\C/C=C\CC. The summed E-state index contributed by atoms with van der Waals surface area (Å²) in [4.78, 5) is 38.3. The van der Waals surface area contributed by atoms with Gasteiger partial charge in [0.05, 0.1) is 0 Å². The van der Waals surface area contributed by atoms with Gasteiger partial charge in [-0.25, -0.2) is 0 Å². The van der Waals surface area contributed by atoms with Crippen LogP contribution < -0.4 is 0 Å². The number of rotatable bonds is 57. The van der Waals surface area contributed by atoms with E-state index in [0.29, 0.717) is 19.3 Å². The van der Waals surface area contributed by atoms with E-state index in [9.17, 15) is 14.4 Å². The van der Waals surface area contributed by atoms with Crippen LogP contribution in [-0.4, -0.2) is 37.2 Å². The monoisotopic (exact) mass is 1090 g/mol. The fourth-order valence-electron chi connectivity index (χ4n) is 8.59. The van der Waals surface area contributed by atoms with E-state index in [2.05, 4.69) is 167 Å². The van der Waals surface area contributed by atoms with E-state index in [0.717, 1.165) is 161 Å². The summed E-state index contributed by atoms with van der Waals surface area (Å²) in [7, 11) is 0. The van der Waals surface area contributed by atoms with Crippen molar-refractivity contribution in [3.8, 4) is 0 Å². The second kappa shape index (κ2) is 65.8. The first kappa shape index (κ1) is 74.3. The van der Waals surface area contributed by atoms with Crippen LogP contribution in [0.25, 0.3) is 0 Å². The molecule has 0 fully saturated rings. The van der Waals surface area contributed by atoms with Gasteiger partial charge in [-0.1, -0.05) is 269 Å². The predicted molar refractivity (Wildman–Crippen MR) is 343 cm³/mol. The first-order valence-corrected chi connectivity index (χ1v) is 32.3. The van der Waals surface area contributed by atoms with Crippen LogP contribution in [0.3, 0.4) is 0 Å². The average molecular weight is 1090 g/mol. The van der Waals surface area contributed by atoms with Crippen LogP contribution in [0.2, 0.25) is 0 Å². The number of esters is 3. The molecule has 0 heterocycles. The third-order valence-corrected chi connectivity index (χ3v) is 13.3. The summed E-state index contributed by atoms with van der Waals surface area (Å²) in [6, 6.07) is 0. The third kappa shape index (κ3) is 64.0. The van der Waals surface area contributed by atoms with Crippen molar-refractivity contribution in [2.75, 3.05) is 13.2 Å². The van der Waals surface area contributed by atoms with Gasteiger partial charge in [-0.05, 0) is 135 Å². The van der Waals surface area contributed by atoms with Gasteiger partial charge in [0.25, 0.3) is 0 Å². The van der Waals surface area contributed by atoms with E-state index >= 15 is 0 Å². The molecular formula is C73H118O6. The summed E-state index contributed by atoms with van der Waals surface area (Å²) in [5.74, 6) is -0.925. The molecule has 0 aliphatic carbocycles. The van der Waals surface area contributed by atoms with Crippen molar-refractivity contribution < 1.29 is 28.6 Å². The van der Waals surface area contributed by atoms with Crippen molar-refractivity contribution in [2.24, 2.45) is 0 Å². The molecule has 0 spiro atoms. The molecule has 0 aliphatic heterocycles. The van der Waals surface area contributed by atoms with Crippen molar-refractivity contribution in [1.82, 2.24) is 0 Å². The van der Waals surface area contributed by atoms with Gasteiger partial charge < -0.3 is 14.2 Å². The molecule has 6 heteroatoms. The highest BCUT2D eigenvalue weighted by Gasteiger charge is 2.19. The van der Waals surface area contributed by atoms with Gasteiger partial charge in [-0.15, -0.1) is 0 Å². The molecule has 0 saturated heterocycles. The quantitative estimate of drug-likeness (QED) is 0.0261. The van der Waals surface area contributed by atoms with Gasteiger partial charge in [0, 0.05) is 19.3 Å². The summed E-state index contributed by atoms with van der Waals surface area (Å²) in [5, 5.41) is 0. The van der Waals surface area contributed by atoms with Crippen LogP contribution in [0.15, 0.2) is 146 Å². The second-order valence-corrected chi connectivity index (χ2v) is 20.9. The number of hydrogen-bond acceptors (Lipinski definition) is 6. The fraction of sp³-hybridized carbons (Fsp3) is 0.630. The van der Waals surface area contributed by atoms with E-state index < -0.39 is 6.10 Å². The van der Waals surface area contributed by atoms with Gasteiger partial charge >= 0.3 is 17.9 Å². The van der Waals surface area contributed by atoms with Crippen molar-refractivity contribution in [1.29, 1.82) is 0 Å². The lowest BCUT2D eigenvalue weighted by Gasteiger charge is -2.18. The maximum absolute atomic E-state index is 12.9. The lowest BCUT2D eigenvalue weighted by Crippen LogP contribution is -2.30. The third-order valence-electron chi connectivity index (χ3n) is 13.3. The lowest BCUT2D eigenvalue weighted by molar-refractivity contribution is -0.167. The van der Waals surface area contributed by atoms with E-state index in [-0.39, 0.29) is 31.1 Å². The first-order chi connectivity index (χ1) is 39.0. The standard InChI is InChI=1S/C73H118O6/c1-4-7-10-13-16-19-22-25-28-30-31-32-33-34-35-36-37-38-39-40-41-43-45-48-51-54-57-60-63-66-72(75)78-69-70(68-77-71(74)65-62-59-56-53-50-47-44-27-24-21-18-15-12-9-6-3)79-73(76)67-64-61-58-55-52-49-46-42-29-26-23-20-17-14-11-8-5-2/h7-12,16-21,25-29,31-32,34-35,37-38,44,70H,4-6,13-15,22-24,30,33,36,39-43,45-69H2,1-3H3/b10-7-,11-8-,12-9-,19-16-,20-17-,21-18-,28-25-,29-26-,32-31-,35-34-,38-37-,44-27-. The molecule has 0 aromatic heterocycles. The fourth-order valence-corrected chi connectivity index (χ4v) is 8.59. The molecule has 0 aromatic carbocycles. The smallest absolute Gasteiger partial charge is 0.306 e. The van der Waals surface area contributed by atoms with Crippen molar-refractivity contribution in [3.05, 3.63) is 146 Å². The van der Waals surface area contributed by atoms with E-state index in [1.165, 1.54) is 77.0 Å². The van der Waals surface area contributed by atoms with Gasteiger partial charge in [-0.3, -0.25) is 14.4 Å². The molecule has 79 heavy (non-hydrogen) atoms. The highest BCUT2D eigenvalue weighted by molar-refractivity contribution is 5.71. The normalized spacial score (nSPS) is 13.1. The molecule has 0 N–H and O–H groups in total. The van der Waals surface area contributed by atoms with Gasteiger partial charge in [0.1, 0.15) is 13.2 Å². The lowest BCUT2D eigenvalue weighted by atomic mass is 10.1. The minimum atomic E-state index is -0.800. The van der Waals surface area contributed by atoms with Crippen LogP contribution in [0, 0.1) is 0 Å². The Morgan fingerprint density at radius 1 is 0.253 bits per heavy atom. The molecule has 446 valence electrons. The van der Waals surface area contributed by atoms with Gasteiger partial charge in [0.15, 0.2) is 6.10 Å². The molecule has 1 unspecified atom stereocenters.